The minimum Gasteiger partial charge on any atom is -0.399 e. The molecule has 1 rings (SSSR count). The van der Waals surface area contributed by atoms with E-state index in [0.29, 0.717) is 6.54 Å². The topological polar surface area (TPSA) is 52.0 Å². The second-order valence-electron chi connectivity index (χ2n) is 2.33. The number of anilines is 1. The monoisotopic (exact) mass is 202 g/mol. The lowest BCUT2D eigenvalue weighted by Crippen LogP contribution is -2.01. The van der Waals surface area contributed by atoms with E-state index >= 15 is 0 Å². The Balaban J connectivity index is 2.75. The zero-order chi connectivity index (χ0) is 8.97. The Morgan fingerprint density at radius 1 is 1.42 bits per heavy atom. The molecule has 0 radical (unpaired) electrons. The molecule has 2 nitrogen and oxygen atoms in total. The number of rotatable bonds is 3. The van der Waals surface area contributed by atoms with Crippen LogP contribution in [0.5, 0.6) is 0 Å². The molecule has 66 valence electrons. The fraction of sp³-hybridized carbons (Fsp3) is 0.250. The summed E-state index contributed by atoms with van der Waals surface area (Å²) in [4.78, 5) is 1.00. The molecule has 0 fully saturated rings. The SMILES string of the molecule is NCCSc1cc(N)ccc1Cl. The van der Waals surface area contributed by atoms with E-state index < -0.39 is 0 Å². The van der Waals surface area contributed by atoms with Crippen molar-refractivity contribution in [3.63, 3.8) is 0 Å². The van der Waals surface area contributed by atoms with Crippen LogP contribution in [0.2, 0.25) is 5.02 Å². The van der Waals surface area contributed by atoms with E-state index in [2.05, 4.69) is 0 Å². The Morgan fingerprint density at radius 3 is 2.83 bits per heavy atom. The van der Waals surface area contributed by atoms with Crippen molar-refractivity contribution in [3.8, 4) is 0 Å². The number of thioether (sulfide) groups is 1. The van der Waals surface area contributed by atoms with E-state index in [-0.39, 0.29) is 0 Å². The lowest BCUT2D eigenvalue weighted by atomic mass is 10.3. The van der Waals surface area contributed by atoms with Gasteiger partial charge in [-0.3, -0.25) is 0 Å². The Labute approximate surface area is 81.3 Å². The van der Waals surface area contributed by atoms with Gasteiger partial charge in [0.15, 0.2) is 0 Å². The van der Waals surface area contributed by atoms with Gasteiger partial charge in [-0.25, -0.2) is 0 Å². The molecule has 0 amide bonds. The molecule has 1 aromatic rings. The maximum atomic E-state index is 5.91. The standard InChI is InChI=1S/C8H11ClN2S/c9-7-2-1-6(11)5-8(7)12-4-3-10/h1-2,5H,3-4,10-11H2. The Morgan fingerprint density at radius 2 is 2.17 bits per heavy atom. The fourth-order valence-corrected chi connectivity index (χ4v) is 1.84. The molecular weight excluding hydrogens is 192 g/mol. The minimum absolute atomic E-state index is 0.649. The lowest BCUT2D eigenvalue weighted by Gasteiger charge is -2.03. The molecule has 12 heavy (non-hydrogen) atoms. The summed E-state index contributed by atoms with van der Waals surface area (Å²) in [6, 6.07) is 5.45. The third kappa shape index (κ3) is 2.59. The van der Waals surface area contributed by atoms with Gasteiger partial charge in [0.05, 0.1) is 5.02 Å². The molecule has 0 bridgehead atoms. The third-order valence-corrected chi connectivity index (χ3v) is 2.86. The van der Waals surface area contributed by atoms with Crippen molar-refractivity contribution in [2.45, 2.75) is 4.90 Å². The van der Waals surface area contributed by atoms with Crippen molar-refractivity contribution in [1.82, 2.24) is 0 Å². The molecule has 0 aliphatic carbocycles. The van der Waals surface area contributed by atoms with Crippen LogP contribution in [0.4, 0.5) is 5.69 Å². The van der Waals surface area contributed by atoms with Crippen LogP contribution in [0, 0.1) is 0 Å². The van der Waals surface area contributed by atoms with E-state index in [9.17, 15) is 0 Å². The Bertz CT molecular complexity index is 265. The van der Waals surface area contributed by atoms with Gasteiger partial charge in [-0.05, 0) is 18.2 Å². The molecule has 1 aromatic carbocycles. The molecule has 0 saturated carbocycles. The molecule has 0 aliphatic rings. The van der Waals surface area contributed by atoms with Crippen LogP contribution >= 0.6 is 23.4 Å². The van der Waals surface area contributed by atoms with Crippen molar-refractivity contribution in [2.75, 3.05) is 18.0 Å². The molecule has 4 N–H and O–H groups in total. The Hall–Kier alpha value is -0.380. The fourth-order valence-electron chi connectivity index (χ4n) is 0.799. The summed E-state index contributed by atoms with van der Waals surface area (Å²) in [5.74, 6) is 0.864. The van der Waals surface area contributed by atoms with Crippen molar-refractivity contribution in [1.29, 1.82) is 0 Å². The number of benzene rings is 1. The molecule has 0 aliphatic heterocycles. The van der Waals surface area contributed by atoms with Crippen LogP contribution in [0.25, 0.3) is 0 Å². The number of hydrogen-bond donors (Lipinski definition) is 2. The highest BCUT2D eigenvalue weighted by Crippen LogP contribution is 2.28. The van der Waals surface area contributed by atoms with Crippen molar-refractivity contribution < 1.29 is 0 Å². The van der Waals surface area contributed by atoms with E-state index in [0.717, 1.165) is 21.4 Å². The van der Waals surface area contributed by atoms with Crippen LogP contribution in [0.3, 0.4) is 0 Å². The largest absolute Gasteiger partial charge is 0.399 e. The summed E-state index contributed by atoms with van der Waals surface area (Å²) in [6.07, 6.45) is 0. The molecule has 4 heteroatoms. The second kappa shape index (κ2) is 4.60. The normalized spacial score (nSPS) is 10.2. The van der Waals surface area contributed by atoms with Gasteiger partial charge < -0.3 is 11.5 Å². The lowest BCUT2D eigenvalue weighted by molar-refractivity contribution is 1.15. The average molecular weight is 203 g/mol. The second-order valence-corrected chi connectivity index (χ2v) is 3.87. The van der Waals surface area contributed by atoms with Crippen LogP contribution in [0.15, 0.2) is 23.1 Å². The smallest absolute Gasteiger partial charge is 0.0543 e. The molecule has 0 heterocycles. The molecule has 0 atom stereocenters. The van der Waals surface area contributed by atoms with E-state index in [1.807, 2.05) is 6.07 Å². The first-order valence-corrected chi connectivity index (χ1v) is 4.98. The van der Waals surface area contributed by atoms with Gasteiger partial charge in [0.25, 0.3) is 0 Å². The van der Waals surface area contributed by atoms with Gasteiger partial charge in [0.2, 0.25) is 0 Å². The van der Waals surface area contributed by atoms with Gasteiger partial charge in [-0.2, -0.15) is 0 Å². The molecule has 0 unspecified atom stereocenters. The molecular formula is C8H11ClN2S. The average Bonchev–Trinajstić information content (AvgIpc) is 2.07. The quantitative estimate of drug-likeness (QED) is 0.582. The van der Waals surface area contributed by atoms with Crippen LogP contribution in [-0.2, 0) is 0 Å². The highest BCUT2D eigenvalue weighted by atomic mass is 35.5. The predicted molar refractivity (Wildman–Crippen MR) is 55.6 cm³/mol. The van der Waals surface area contributed by atoms with Gasteiger partial charge in [-0.1, -0.05) is 11.6 Å². The van der Waals surface area contributed by atoms with Crippen molar-refractivity contribution in [2.24, 2.45) is 5.73 Å². The first-order chi connectivity index (χ1) is 5.74. The zero-order valence-corrected chi connectivity index (χ0v) is 8.16. The number of nitrogens with two attached hydrogens (primary N) is 2. The molecule has 0 saturated heterocycles. The van der Waals surface area contributed by atoms with Crippen LogP contribution in [-0.4, -0.2) is 12.3 Å². The summed E-state index contributed by atoms with van der Waals surface area (Å²) in [6.45, 7) is 0.649. The first-order valence-electron chi connectivity index (χ1n) is 3.62. The highest BCUT2D eigenvalue weighted by molar-refractivity contribution is 7.99. The summed E-state index contributed by atoms with van der Waals surface area (Å²) < 4.78 is 0. The van der Waals surface area contributed by atoms with Crippen LogP contribution < -0.4 is 11.5 Å². The van der Waals surface area contributed by atoms with Crippen LogP contribution in [0.1, 0.15) is 0 Å². The third-order valence-electron chi connectivity index (χ3n) is 1.33. The number of halogens is 1. The van der Waals surface area contributed by atoms with Crippen molar-refractivity contribution >= 4 is 29.1 Å². The van der Waals surface area contributed by atoms with Gasteiger partial charge >= 0.3 is 0 Å². The van der Waals surface area contributed by atoms with Gasteiger partial charge in [-0.15, -0.1) is 11.8 Å². The van der Waals surface area contributed by atoms with Crippen molar-refractivity contribution in [3.05, 3.63) is 23.2 Å². The summed E-state index contributed by atoms with van der Waals surface area (Å²) in [7, 11) is 0. The summed E-state index contributed by atoms with van der Waals surface area (Å²) in [5.41, 5.74) is 11.7. The maximum absolute atomic E-state index is 5.91. The van der Waals surface area contributed by atoms with E-state index in [1.165, 1.54) is 0 Å². The van der Waals surface area contributed by atoms with Gasteiger partial charge in [0.1, 0.15) is 0 Å². The molecule has 0 aromatic heterocycles. The summed E-state index contributed by atoms with van der Waals surface area (Å²) in [5, 5.41) is 0.739. The first kappa shape index (κ1) is 9.71. The summed E-state index contributed by atoms with van der Waals surface area (Å²) >= 11 is 7.54. The van der Waals surface area contributed by atoms with Gasteiger partial charge in [0, 0.05) is 22.9 Å². The minimum atomic E-state index is 0.649. The highest BCUT2D eigenvalue weighted by Gasteiger charge is 1.99. The molecule has 0 spiro atoms. The number of hydrogen-bond acceptors (Lipinski definition) is 3. The number of nitrogen functional groups attached to an aromatic ring is 1. The maximum Gasteiger partial charge on any atom is 0.0543 e. The zero-order valence-electron chi connectivity index (χ0n) is 6.59. The van der Waals surface area contributed by atoms with E-state index in [4.69, 9.17) is 23.1 Å². The van der Waals surface area contributed by atoms with E-state index in [1.54, 1.807) is 23.9 Å². The predicted octanol–water partition coefficient (Wildman–Crippen LogP) is 1.97. The Kier molecular flexibility index (Phi) is 3.72.